The van der Waals surface area contributed by atoms with Gasteiger partial charge in [0, 0.05) is 19.4 Å². The Morgan fingerprint density at radius 1 is 1.47 bits per heavy atom. The molecule has 5 N–H and O–H groups in total. The molecule has 1 heterocycles. The standard InChI is InChI=1S/C9H14N2O2.2ClH/c1-7-9(13)8(12)3-6-11(7)5-2-4-10;;/h3,6,13H,2,4-5,10H2,1H3;2*1H. The first kappa shape index (κ1) is 16.9. The second-order valence-corrected chi connectivity index (χ2v) is 3.15. The molecule has 1 aliphatic rings. The van der Waals surface area contributed by atoms with Crippen LogP contribution >= 0.6 is 0 Å². The molecule has 0 fully saturated rings. The molecule has 0 aromatic carbocycles. The minimum absolute atomic E-state index is 0. The first-order chi connectivity index (χ1) is 6.16. The van der Waals surface area contributed by atoms with Gasteiger partial charge in [0.05, 0.1) is 13.1 Å². The van der Waals surface area contributed by atoms with E-state index in [4.69, 9.17) is 0 Å². The molecule has 1 unspecified atom stereocenters. The fourth-order valence-electron chi connectivity index (χ4n) is 1.30. The van der Waals surface area contributed by atoms with Gasteiger partial charge in [0.25, 0.3) is 0 Å². The zero-order chi connectivity index (χ0) is 9.84. The first-order valence-corrected chi connectivity index (χ1v) is 4.44. The van der Waals surface area contributed by atoms with E-state index in [1.807, 2.05) is 0 Å². The van der Waals surface area contributed by atoms with Gasteiger partial charge < -0.3 is 35.7 Å². The molecule has 0 saturated heterocycles. The number of aliphatic hydroxyl groups excluding tert-OH is 1. The topological polar surface area (TPSA) is 69.4 Å². The smallest absolute Gasteiger partial charge is 0.231 e. The maximum Gasteiger partial charge on any atom is 0.231 e. The molecule has 88 valence electrons. The van der Waals surface area contributed by atoms with Gasteiger partial charge >= 0.3 is 0 Å². The van der Waals surface area contributed by atoms with E-state index in [0.717, 1.165) is 24.4 Å². The lowest BCUT2D eigenvalue weighted by Crippen LogP contribution is -3.06. The first-order valence-electron chi connectivity index (χ1n) is 4.44. The van der Waals surface area contributed by atoms with Crippen LogP contribution in [0.2, 0.25) is 0 Å². The summed E-state index contributed by atoms with van der Waals surface area (Å²) in [7, 11) is 0. The molecular weight excluding hydrogens is 239 g/mol. The van der Waals surface area contributed by atoms with E-state index in [2.05, 4.69) is 5.73 Å². The zero-order valence-electron chi connectivity index (χ0n) is 8.59. The monoisotopic (exact) mass is 254 g/mol. The summed E-state index contributed by atoms with van der Waals surface area (Å²) in [5, 5.41) is 9.36. The van der Waals surface area contributed by atoms with Crippen molar-refractivity contribution in [2.24, 2.45) is 0 Å². The van der Waals surface area contributed by atoms with Gasteiger partial charge in [0.1, 0.15) is 6.20 Å². The largest absolute Gasteiger partial charge is 1.00 e. The highest BCUT2D eigenvalue weighted by Gasteiger charge is 2.22. The Kier molecular flexibility index (Phi) is 8.66. The van der Waals surface area contributed by atoms with Crippen molar-refractivity contribution in [3.05, 3.63) is 23.7 Å². The number of halogens is 2. The molecule has 1 aliphatic heterocycles. The zero-order valence-corrected chi connectivity index (χ0v) is 10.1. The number of nitrogens with one attached hydrogen (secondary N) is 1. The van der Waals surface area contributed by atoms with Crippen molar-refractivity contribution in [2.75, 3.05) is 13.1 Å². The summed E-state index contributed by atoms with van der Waals surface area (Å²) >= 11 is 0. The molecule has 1 atom stereocenters. The van der Waals surface area contributed by atoms with Crippen molar-refractivity contribution in [1.82, 2.24) is 0 Å². The highest BCUT2D eigenvalue weighted by Crippen LogP contribution is 2.00. The normalized spacial score (nSPS) is 19.6. The Bertz CT molecular complexity index is 277. The van der Waals surface area contributed by atoms with Gasteiger partial charge in [-0.25, -0.2) is 0 Å². The van der Waals surface area contributed by atoms with Crippen LogP contribution in [0.5, 0.6) is 0 Å². The van der Waals surface area contributed by atoms with Crippen LogP contribution in [0.25, 0.3) is 0 Å². The molecule has 0 aromatic heterocycles. The summed E-state index contributed by atoms with van der Waals surface area (Å²) in [4.78, 5) is 12.0. The number of aliphatic hydroxyl groups is 1. The number of carbonyl (C=O) groups is 1. The SMILES string of the molecule is CC1=C(O)C(=O)C=C[NH+]1CCC[NH3+].[Cl-].[Cl-]. The second-order valence-electron chi connectivity index (χ2n) is 3.15. The Labute approximate surface area is 102 Å². The number of carbonyl (C=O) groups excluding carboxylic acids is 1. The van der Waals surface area contributed by atoms with E-state index in [1.165, 1.54) is 6.08 Å². The summed E-state index contributed by atoms with van der Waals surface area (Å²) in [6, 6.07) is 0. The average molecular weight is 255 g/mol. The van der Waals surface area contributed by atoms with Gasteiger partial charge in [-0.05, 0) is 0 Å². The number of rotatable bonds is 3. The van der Waals surface area contributed by atoms with Crippen molar-refractivity contribution in [3.8, 4) is 0 Å². The number of hydrogen-bond donors (Lipinski definition) is 3. The fourth-order valence-corrected chi connectivity index (χ4v) is 1.30. The molecule has 0 amide bonds. The van der Waals surface area contributed by atoms with Crippen LogP contribution in [0.4, 0.5) is 0 Å². The molecule has 4 nitrogen and oxygen atoms in total. The van der Waals surface area contributed by atoms with E-state index < -0.39 is 0 Å². The van der Waals surface area contributed by atoms with Gasteiger partial charge in [-0.1, -0.05) is 0 Å². The summed E-state index contributed by atoms with van der Waals surface area (Å²) in [6.45, 7) is 3.53. The quantitative estimate of drug-likeness (QED) is 0.469. The number of allylic oxidation sites excluding steroid dienone is 2. The van der Waals surface area contributed by atoms with Crippen molar-refractivity contribution in [1.29, 1.82) is 0 Å². The van der Waals surface area contributed by atoms with E-state index in [9.17, 15) is 9.90 Å². The van der Waals surface area contributed by atoms with Gasteiger partial charge in [0.2, 0.25) is 11.5 Å². The molecular formula is C9H16Cl2N2O2. The third-order valence-corrected chi connectivity index (χ3v) is 2.20. The molecule has 0 bridgehead atoms. The van der Waals surface area contributed by atoms with Crippen LogP contribution in [0.3, 0.4) is 0 Å². The van der Waals surface area contributed by atoms with Crippen molar-refractivity contribution < 1.29 is 45.3 Å². The van der Waals surface area contributed by atoms with Crippen LogP contribution in [-0.2, 0) is 4.79 Å². The molecule has 0 aromatic rings. The fraction of sp³-hybridized carbons (Fsp3) is 0.444. The van der Waals surface area contributed by atoms with Gasteiger partial charge in [0.15, 0.2) is 5.70 Å². The van der Waals surface area contributed by atoms with Gasteiger partial charge in [-0.2, -0.15) is 0 Å². The van der Waals surface area contributed by atoms with E-state index in [-0.39, 0.29) is 36.4 Å². The lowest BCUT2D eigenvalue weighted by atomic mass is 10.2. The Morgan fingerprint density at radius 3 is 2.60 bits per heavy atom. The predicted octanol–water partition coefficient (Wildman–Crippen LogP) is -7.60. The molecule has 0 spiro atoms. The lowest BCUT2D eigenvalue weighted by Gasteiger charge is -2.17. The molecule has 6 heteroatoms. The van der Waals surface area contributed by atoms with Crippen LogP contribution in [0, 0.1) is 0 Å². The van der Waals surface area contributed by atoms with Crippen molar-refractivity contribution in [2.45, 2.75) is 13.3 Å². The van der Waals surface area contributed by atoms with Crippen LogP contribution in [0.1, 0.15) is 13.3 Å². The maximum atomic E-state index is 11.0. The van der Waals surface area contributed by atoms with Crippen LogP contribution < -0.4 is 35.4 Å². The van der Waals surface area contributed by atoms with E-state index >= 15 is 0 Å². The average Bonchev–Trinajstić information content (AvgIpc) is 2.13. The maximum absolute atomic E-state index is 11.0. The van der Waals surface area contributed by atoms with E-state index in [0.29, 0.717) is 5.70 Å². The number of ketones is 1. The minimum atomic E-state index is -0.295. The molecule has 15 heavy (non-hydrogen) atoms. The van der Waals surface area contributed by atoms with Crippen molar-refractivity contribution >= 4 is 5.78 Å². The Hall–Kier alpha value is -0.550. The summed E-state index contributed by atoms with van der Waals surface area (Å²) in [5.41, 5.74) is 4.46. The van der Waals surface area contributed by atoms with Crippen LogP contribution in [-0.4, -0.2) is 24.0 Å². The number of hydrogen-bond acceptors (Lipinski definition) is 2. The van der Waals surface area contributed by atoms with Crippen molar-refractivity contribution in [3.63, 3.8) is 0 Å². The predicted molar refractivity (Wildman–Crippen MR) is 47.7 cm³/mol. The summed E-state index contributed by atoms with van der Waals surface area (Å²) < 4.78 is 0. The van der Waals surface area contributed by atoms with Gasteiger partial charge in [-0.15, -0.1) is 0 Å². The minimum Gasteiger partial charge on any atom is -1.00 e. The second kappa shape index (κ2) is 7.70. The lowest BCUT2D eigenvalue weighted by molar-refractivity contribution is -0.807. The molecule has 0 aliphatic carbocycles. The Balaban J connectivity index is 0. The van der Waals surface area contributed by atoms with Crippen LogP contribution in [0.15, 0.2) is 23.7 Å². The Morgan fingerprint density at radius 2 is 2.07 bits per heavy atom. The highest BCUT2D eigenvalue weighted by molar-refractivity contribution is 6.02. The van der Waals surface area contributed by atoms with E-state index in [1.54, 1.807) is 13.1 Å². The van der Waals surface area contributed by atoms with Gasteiger partial charge in [-0.3, -0.25) is 9.69 Å². The molecule has 0 radical (unpaired) electrons. The molecule has 1 rings (SSSR count). The molecule has 0 saturated carbocycles. The number of quaternary nitrogens is 2. The third-order valence-electron chi connectivity index (χ3n) is 2.20. The summed E-state index contributed by atoms with van der Waals surface area (Å²) in [5.74, 6) is -0.405. The summed E-state index contributed by atoms with van der Waals surface area (Å²) in [6.07, 6.45) is 4.19. The third kappa shape index (κ3) is 4.22. The highest BCUT2D eigenvalue weighted by atomic mass is 35.5.